The molecule has 1 atom stereocenters. The molecule has 0 aromatic rings. The fraction of sp³-hybridized carbons (Fsp3) is 1.00. The topological polar surface area (TPSA) is 97.7 Å². The molecule has 0 heterocycles. The first-order valence-electron chi connectivity index (χ1n) is 22.1. The molecule has 0 aliphatic carbocycles. The van der Waals surface area contributed by atoms with E-state index in [9.17, 15) is 21.4 Å². The van der Waals surface area contributed by atoms with E-state index in [0.29, 0.717) is 17.4 Å². The van der Waals surface area contributed by atoms with Crippen molar-refractivity contribution in [1.82, 2.24) is 0 Å². The third-order valence-corrected chi connectivity index (χ3v) is 12.9. The number of hydrogen-bond acceptors (Lipinski definition) is 5. The summed E-state index contributed by atoms with van der Waals surface area (Å²) in [5.74, 6) is -0.866. The van der Waals surface area contributed by atoms with Crippen LogP contribution in [-0.2, 0) is 24.4 Å². The lowest BCUT2D eigenvalue weighted by molar-refractivity contribution is -0.893. The van der Waals surface area contributed by atoms with Gasteiger partial charge in [0.25, 0.3) is 20.2 Å². The van der Waals surface area contributed by atoms with Crippen molar-refractivity contribution < 1.29 is 34.5 Å². The third kappa shape index (κ3) is 36.7. The van der Waals surface area contributed by atoms with Gasteiger partial charge in [-0.25, -0.2) is 0 Å². The van der Waals surface area contributed by atoms with Crippen molar-refractivity contribution in [2.75, 3.05) is 65.9 Å². The summed E-state index contributed by atoms with van der Waals surface area (Å²) in [6.45, 7) is 7.26. The van der Waals surface area contributed by atoms with Crippen molar-refractivity contribution in [3.05, 3.63) is 0 Å². The number of likely N-dealkylation sites (N-methyl/N-ethyl adjacent to an activating group) is 1. The van der Waals surface area contributed by atoms with E-state index >= 15 is 0 Å². The van der Waals surface area contributed by atoms with Crippen molar-refractivity contribution in [3.8, 4) is 0 Å². The van der Waals surface area contributed by atoms with Gasteiger partial charge in [0.05, 0.1) is 53.6 Å². The van der Waals surface area contributed by atoms with Gasteiger partial charge in [-0.15, -0.1) is 0 Å². The summed E-state index contributed by atoms with van der Waals surface area (Å²) in [5, 5.41) is 0. The van der Waals surface area contributed by atoms with Crippen LogP contribution < -0.4 is 0 Å². The minimum atomic E-state index is -4.39. The lowest BCUT2D eigenvalue weighted by Gasteiger charge is -2.33. The van der Waals surface area contributed by atoms with Crippen LogP contribution in [0.5, 0.6) is 0 Å². The molecule has 0 aliphatic heterocycles. The molecule has 52 heavy (non-hydrogen) atoms. The van der Waals surface area contributed by atoms with Gasteiger partial charge in [0.2, 0.25) is 0 Å². The minimum absolute atomic E-state index is 0.151. The van der Waals surface area contributed by atoms with Gasteiger partial charge in [0.15, 0.2) is 0 Å². The minimum Gasteiger partial charge on any atom is -0.328 e. The van der Waals surface area contributed by atoms with Crippen LogP contribution in [0.3, 0.4) is 0 Å². The molecule has 0 rings (SSSR count). The number of unbranched alkanes of at least 4 members (excludes halogenated alkanes) is 26. The van der Waals surface area contributed by atoms with Crippen LogP contribution in [0.15, 0.2) is 0 Å². The fourth-order valence-electron chi connectivity index (χ4n) is 7.49. The summed E-state index contributed by atoms with van der Waals surface area (Å²) >= 11 is 0. The SMILES string of the molecule is CCCCCCCCCCCCCCCC[N+](C)(C)CCCS(=O)(=O)OC(C[N+](C)(C)CCCCCCCCCCCCCCCC)CS(=O)(=O)O. The second-order valence-corrected chi connectivity index (χ2v) is 20.7. The van der Waals surface area contributed by atoms with Crippen LogP contribution in [0, 0.1) is 0 Å². The standard InChI is InChI=1S/C42H89N2O6S2/c1-7-9-11-13-15-17-19-21-23-25-27-29-31-33-36-43(3,4)38-35-39-52(48,49)50-42(41-51(45,46)47)40-44(5,6)37-34-32-30-28-26-24-22-20-18-16-14-12-10-8-2/h42H,7-41H2,1-6H3/q+1/p+1. The Labute approximate surface area is 325 Å². The maximum Gasteiger partial charge on any atom is 0.268 e. The molecule has 0 saturated carbocycles. The van der Waals surface area contributed by atoms with Crippen molar-refractivity contribution in [2.24, 2.45) is 0 Å². The Hall–Kier alpha value is -0.260. The lowest BCUT2D eigenvalue weighted by Crippen LogP contribution is -2.49. The molecule has 0 radical (unpaired) electrons. The molecular formula is C42H90N2O6S2+2. The molecule has 0 spiro atoms. The summed E-state index contributed by atoms with van der Waals surface area (Å²) < 4.78 is 65.8. The lowest BCUT2D eigenvalue weighted by atomic mass is 10.0. The highest BCUT2D eigenvalue weighted by Gasteiger charge is 2.31. The highest BCUT2D eigenvalue weighted by atomic mass is 32.2. The maximum absolute atomic E-state index is 13.0. The Bertz CT molecular complexity index is 1020. The Balaban J connectivity index is 4.28. The van der Waals surface area contributed by atoms with E-state index in [1.165, 1.54) is 161 Å². The zero-order chi connectivity index (χ0) is 39.0. The second-order valence-electron chi connectivity index (χ2n) is 17.5. The Kier molecular flexibility index (Phi) is 31.7. The summed E-state index contributed by atoms with van der Waals surface area (Å²) in [4.78, 5) is 0. The Morgan fingerprint density at radius 2 is 0.731 bits per heavy atom. The summed E-state index contributed by atoms with van der Waals surface area (Å²) in [6, 6.07) is 0. The number of quaternary nitrogens is 2. The average Bonchev–Trinajstić information content (AvgIpc) is 3.03. The molecule has 0 bridgehead atoms. The normalized spacial score (nSPS) is 13.6. The van der Waals surface area contributed by atoms with Gasteiger partial charge >= 0.3 is 0 Å². The van der Waals surface area contributed by atoms with Crippen LogP contribution >= 0.6 is 0 Å². The van der Waals surface area contributed by atoms with Crippen molar-refractivity contribution in [3.63, 3.8) is 0 Å². The van der Waals surface area contributed by atoms with E-state index in [2.05, 4.69) is 27.9 Å². The first-order chi connectivity index (χ1) is 24.6. The molecule has 314 valence electrons. The van der Waals surface area contributed by atoms with Crippen LogP contribution in [0.25, 0.3) is 0 Å². The van der Waals surface area contributed by atoms with E-state index in [1.807, 2.05) is 14.1 Å². The van der Waals surface area contributed by atoms with Gasteiger partial charge in [-0.1, -0.05) is 168 Å². The van der Waals surface area contributed by atoms with Gasteiger partial charge in [-0.05, 0) is 25.7 Å². The number of rotatable bonds is 40. The van der Waals surface area contributed by atoms with E-state index in [4.69, 9.17) is 4.18 Å². The second kappa shape index (κ2) is 31.9. The summed E-state index contributed by atoms with van der Waals surface area (Å²) in [6.07, 6.45) is 36.0. The molecule has 0 amide bonds. The molecule has 1 unspecified atom stereocenters. The van der Waals surface area contributed by atoms with Crippen LogP contribution in [0.1, 0.15) is 200 Å². The van der Waals surface area contributed by atoms with Gasteiger partial charge in [0.1, 0.15) is 18.4 Å². The number of nitrogens with zero attached hydrogens (tertiary/aromatic N) is 2. The average molecular weight is 783 g/mol. The zero-order valence-corrected chi connectivity index (χ0v) is 37.2. The molecule has 10 heteroatoms. The van der Waals surface area contributed by atoms with Gasteiger partial charge in [-0.2, -0.15) is 16.8 Å². The maximum atomic E-state index is 13.0. The summed E-state index contributed by atoms with van der Waals surface area (Å²) in [7, 11) is -0.0841. The van der Waals surface area contributed by atoms with Gasteiger partial charge in [-0.3, -0.25) is 8.74 Å². The van der Waals surface area contributed by atoms with Gasteiger partial charge < -0.3 is 8.97 Å². The first kappa shape index (κ1) is 51.7. The highest BCUT2D eigenvalue weighted by Crippen LogP contribution is 2.17. The zero-order valence-electron chi connectivity index (χ0n) is 35.5. The first-order valence-corrected chi connectivity index (χ1v) is 25.3. The highest BCUT2D eigenvalue weighted by molar-refractivity contribution is 7.87. The van der Waals surface area contributed by atoms with Gasteiger partial charge in [0, 0.05) is 6.42 Å². The largest absolute Gasteiger partial charge is 0.328 e. The Morgan fingerprint density at radius 1 is 0.442 bits per heavy atom. The fourth-order valence-corrected chi connectivity index (χ4v) is 9.35. The molecule has 0 aliphatic rings. The number of hydrogen-bond donors (Lipinski definition) is 1. The predicted octanol–water partition coefficient (Wildman–Crippen LogP) is 11.1. The van der Waals surface area contributed by atoms with E-state index in [-0.39, 0.29) is 12.3 Å². The quantitative estimate of drug-likeness (QED) is 0.0288. The summed E-state index contributed by atoms with van der Waals surface area (Å²) in [5.41, 5.74) is 0. The van der Waals surface area contributed by atoms with Crippen LogP contribution in [0.4, 0.5) is 0 Å². The smallest absolute Gasteiger partial charge is 0.268 e. The molecule has 0 aromatic heterocycles. The van der Waals surface area contributed by atoms with E-state index < -0.39 is 32.1 Å². The van der Waals surface area contributed by atoms with Crippen LogP contribution in [-0.4, -0.2) is 102 Å². The predicted molar refractivity (Wildman–Crippen MR) is 224 cm³/mol. The molecule has 0 fully saturated rings. The Morgan fingerprint density at radius 3 is 1.06 bits per heavy atom. The molecule has 0 aromatic carbocycles. The molecular weight excluding hydrogens is 693 g/mol. The molecule has 0 saturated heterocycles. The monoisotopic (exact) mass is 783 g/mol. The third-order valence-electron chi connectivity index (χ3n) is 10.8. The van der Waals surface area contributed by atoms with E-state index in [0.717, 1.165) is 36.8 Å². The van der Waals surface area contributed by atoms with E-state index in [1.54, 1.807) is 0 Å². The molecule has 8 nitrogen and oxygen atoms in total. The van der Waals surface area contributed by atoms with Crippen molar-refractivity contribution >= 4 is 20.2 Å². The molecule has 1 N–H and O–H groups in total. The van der Waals surface area contributed by atoms with Crippen molar-refractivity contribution in [1.29, 1.82) is 0 Å². The van der Waals surface area contributed by atoms with Crippen molar-refractivity contribution in [2.45, 2.75) is 206 Å². The van der Waals surface area contributed by atoms with Crippen LogP contribution in [0.2, 0.25) is 0 Å².